The molecule has 0 saturated carbocycles. The predicted molar refractivity (Wildman–Crippen MR) is 71.7 cm³/mol. The van der Waals surface area contributed by atoms with Gasteiger partial charge in [-0.1, -0.05) is 6.07 Å². The van der Waals surface area contributed by atoms with Crippen molar-refractivity contribution in [2.75, 3.05) is 0 Å². The highest BCUT2D eigenvalue weighted by molar-refractivity contribution is 7.86. The van der Waals surface area contributed by atoms with Crippen LogP contribution in [-0.2, 0) is 15.6 Å². The lowest BCUT2D eigenvalue weighted by molar-refractivity contribution is -0.119. The molecule has 20 heavy (non-hydrogen) atoms. The molecule has 2 atom stereocenters. The summed E-state index contributed by atoms with van der Waals surface area (Å²) in [6.07, 6.45) is 0. The zero-order valence-electron chi connectivity index (χ0n) is 10.9. The summed E-state index contributed by atoms with van der Waals surface area (Å²) in [5.41, 5.74) is 5.34. The fourth-order valence-electron chi connectivity index (χ4n) is 1.48. The van der Waals surface area contributed by atoms with Crippen molar-refractivity contribution in [1.29, 1.82) is 0 Å². The van der Waals surface area contributed by atoms with Crippen molar-refractivity contribution in [1.82, 2.24) is 5.32 Å². The van der Waals surface area contributed by atoms with Crippen LogP contribution < -0.4 is 11.1 Å². The van der Waals surface area contributed by atoms with Gasteiger partial charge in [0, 0.05) is 4.90 Å². The monoisotopic (exact) mass is 298 g/mol. The van der Waals surface area contributed by atoms with E-state index in [0.717, 1.165) is 0 Å². The first kappa shape index (κ1) is 15.8. The van der Waals surface area contributed by atoms with E-state index in [1.165, 1.54) is 25.1 Å². The highest BCUT2D eigenvalue weighted by Crippen LogP contribution is 2.17. The number of carboxylic acid groups (broad SMARTS) is 1. The van der Waals surface area contributed by atoms with E-state index in [9.17, 15) is 18.6 Å². The third-order valence-electron chi connectivity index (χ3n) is 2.61. The molecule has 0 spiro atoms. The van der Waals surface area contributed by atoms with Crippen molar-refractivity contribution in [3.05, 3.63) is 29.3 Å². The van der Waals surface area contributed by atoms with Crippen LogP contribution in [0.1, 0.15) is 22.8 Å². The molecular weight excluding hydrogens is 284 g/mol. The number of nitrogens with two attached hydrogens (primary N) is 1. The van der Waals surface area contributed by atoms with Crippen LogP contribution in [0, 0.1) is 6.92 Å². The number of amides is 3. The molecule has 1 aromatic rings. The summed E-state index contributed by atoms with van der Waals surface area (Å²) in [5.74, 6) is -1.93. The average Bonchev–Trinajstić information content (AvgIpc) is 2.36. The number of urea groups is 1. The van der Waals surface area contributed by atoms with E-state index in [-0.39, 0.29) is 10.5 Å². The molecule has 108 valence electrons. The number of carbonyl (C=O) groups is 3. The Morgan fingerprint density at radius 3 is 2.45 bits per heavy atom. The Hall–Kier alpha value is -2.22. The molecule has 3 amide bonds. The zero-order valence-corrected chi connectivity index (χ0v) is 11.7. The Bertz CT molecular complexity index is 600. The number of carbonyl (C=O) groups excluding carboxylic acids is 2. The van der Waals surface area contributed by atoms with Gasteiger partial charge in [0.2, 0.25) is 5.91 Å². The van der Waals surface area contributed by atoms with E-state index in [1.54, 1.807) is 6.92 Å². The van der Waals surface area contributed by atoms with Crippen molar-refractivity contribution in [3.8, 4) is 0 Å². The summed E-state index contributed by atoms with van der Waals surface area (Å²) >= 11 is 0. The lowest BCUT2D eigenvalue weighted by Gasteiger charge is -2.11. The molecule has 8 heteroatoms. The van der Waals surface area contributed by atoms with Crippen LogP contribution in [0.3, 0.4) is 0 Å². The topological polar surface area (TPSA) is 127 Å². The van der Waals surface area contributed by atoms with Crippen LogP contribution in [0.5, 0.6) is 0 Å². The molecule has 2 unspecified atom stereocenters. The summed E-state index contributed by atoms with van der Waals surface area (Å²) in [6.45, 7) is 2.97. The van der Waals surface area contributed by atoms with Crippen molar-refractivity contribution in [2.24, 2.45) is 5.73 Å². The van der Waals surface area contributed by atoms with E-state index in [0.29, 0.717) is 5.56 Å². The van der Waals surface area contributed by atoms with E-state index in [4.69, 9.17) is 10.8 Å². The number of hydrogen-bond acceptors (Lipinski definition) is 4. The van der Waals surface area contributed by atoms with Crippen molar-refractivity contribution >= 4 is 28.7 Å². The molecule has 0 aliphatic rings. The number of aromatic carboxylic acids is 1. The first-order chi connectivity index (χ1) is 9.23. The lowest BCUT2D eigenvalue weighted by atomic mass is 10.1. The van der Waals surface area contributed by atoms with Crippen molar-refractivity contribution in [2.45, 2.75) is 24.0 Å². The average molecular weight is 298 g/mol. The normalized spacial score (nSPS) is 13.3. The van der Waals surface area contributed by atoms with E-state index in [2.05, 4.69) is 0 Å². The molecule has 0 heterocycles. The molecule has 1 aromatic carbocycles. The van der Waals surface area contributed by atoms with Gasteiger partial charge in [0.1, 0.15) is 5.25 Å². The second kappa shape index (κ2) is 6.29. The van der Waals surface area contributed by atoms with E-state index in [1.807, 2.05) is 5.32 Å². The van der Waals surface area contributed by atoms with Crippen molar-refractivity contribution < 1.29 is 23.7 Å². The van der Waals surface area contributed by atoms with Crippen LogP contribution in [0.2, 0.25) is 0 Å². The minimum absolute atomic E-state index is 0.0124. The maximum atomic E-state index is 12.2. The molecular formula is C12H14N2O5S. The number of nitrogens with one attached hydrogen (secondary N) is 1. The summed E-state index contributed by atoms with van der Waals surface area (Å²) in [6, 6.07) is 3.21. The Balaban J connectivity index is 3.03. The van der Waals surface area contributed by atoms with Gasteiger partial charge in [-0.3, -0.25) is 14.3 Å². The Morgan fingerprint density at radius 2 is 1.95 bits per heavy atom. The number of benzene rings is 1. The fourth-order valence-corrected chi connectivity index (χ4v) is 2.58. The van der Waals surface area contributed by atoms with Gasteiger partial charge >= 0.3 is 12.0 Å². The molecule has 0 saturated heterocycles. The first-order valence-corrected chi connectivity index (χ1v) is 6.80. The second-order valence-electron chi connectivity index (χ2n) is 4.08. The molecule has 7 nitrogen and oxygen atoms in total. The van der Waals surface area contributed by atoms with Crippen LogP contribution in [-0.4, -0.2) is 32.5 Å². The number of imide groups is 1. The van der Waals surface area contributed by atoms with Gasteiger partial charge in [0.15, 0.2) is 0 Å². The van der Waals surface area contributed by atoms with Gasteiger partial charge in [-0.2, -0.15) is 0 Å². The smallest absolute Gasteiger partial charge is 0.335 e. The number of rotatable bonds is 4. The van der Waals surface area contributed by atoms with E-state index >= 15 is 0 Å². The van der Waals surface area contributed by atoms with Gasteiger partial charge in [0.25, 0.3) is 0 Å². The number of carboxylic acids is 1. The highest BCUT2D eigenvalue weighted by atomic mass is 32.2. The van der Waals surface area contributed by atoms with Gasteiger partial charge < -0.3 is 10.8 Å². The molecule has 4 N–H and O–H groups in total. The number of primary amides is 1. The van der Waals surface area contributed by atoms with Crippen LogP contribution in [0.25, 0.3) is 0 Å². The molecule has 0 fully saturated rings. The molecule has 0 aliphatic carbocycles. The predicted octanol–water partition coefficient (Wildman–Crippen LogP) is 0.384. The van der Waals surface area contributed by atoms with Gasteiger partial charge in [-0.05, 0) is 31.5 Å². The summed E-state index contributed by atoms with van der Waals surface area (Å²) < 4.78 is 12.2. The maximum Gasteiger partial charge on any atom is 0.335 e. The molecule has 0 aliphatic heterocycles. The minimum atomic E-state index is -1.79. The third-order valence-corrected chi connectivity index (χ3v) is 4.18. The standard InChI is InChI=1S/C12H14N2O5S/c1-6-3-4-8(5-9(6)11(16)17)20(19)7(2)10(15)14-12(13)18/h3-5,7H,1-2H3,(H,16,17)(H3,13,14,15,18). The summed E-state index contributed by atoms with van der Waals surface area (Å²) in [5, 5.41) is 9.80. The van der Waals surface area contributed by atoms with E-state index < -0.39 is 34.0 Å². The summed E-state index contributed by atoms with van der Waals surface area (Å²) in [4.78, 5) is 33.3. The zero-order chi connectivity index (χ0) is 15.4. The van der Waals surface area contributed by atoms with Crippen LogP contribution >= 0.6 is 0 Å². The Morgan fingerprint density at radius 1 is 1.35 bits per heavy atom. The largest absolute Gasteiger partial charge is 0.478 e. The molecule has 0 bridgehead atoms. The molecule has 0 aromatic heterocycles. The lowest BCUT2D eigenvalue weighted by Crippen LogP contribution is -2.42. The number of hydrogen-bond donors (Lipinski definition) is 3. The quantitative estimate of drug-likeness (QED) is 0.740. The second-order valence-corrected chi connectivity index (χ2v) is 5.85. The first-order valence-electron chi connectivity index (χ1n) is 5.59. The Kier molecular flexibility index (Phi) is 4.98. The molecule has 0 radical (unpaired) electrons. The van der Waals surface area contributed by atoms with Gasteiger partial charge in [-0.15, -0.1) is 0 Å². The van der Waals surface area contributed by atoms with Crippen LogP contribution in [0.4, 0.5) is 4.79 Å². The Labute approximate surface area is 117 Å². The maximum absolute atomic E-state index is 12.2. The summed E-state index contributed by atoms with van der Waals surface area (Å²) in [7, 11) is -1.79. The fraction of sp³-hybridized carbons (Fsp3) is 0.250. The van der Waals surface area contributed by atoms with Gasteiger partial charge in [0.05, 0.1) is 16.4 Å². The van der Waals surface area contributed by atoms with Crippen LogP contribution in [0.15, 0.2) is 23.1 Å². The third kappa shape index (κ3) is 3.64. The highest BCUT2D eigenvalue weighted by Gasteiger charge is 2.23. The van der Waals surface area contributed by atoms with Crippen molar-refractivity contribution in [3.63, 3.8) is 0 Å². The SMILES string of the molecule is Cc1ccc(S(=O)C(C)C(=O)NC(N)=O)cc1C(=O)O. The minimum Gasteiger partial charge on any atom is -0.478 e. The molecule has 1 rings (SSSR count). The van der Waals surface area contributed by atoms with Gasteiger partial charge in [-0.25, -0.2) is 9.59 Å². The number of aryl methyl sites for hydroxylation is 1.